The summed E-state index contributed by atoms with van der Waals surface area (Å²) in [5.74, 6) is -0.595. The third-order valence-electron chi connectivity index (χ3n) is 5.27. The number of aryl methyl sites for hydroxylation is 2. The zero-order valence-electron chi connectivity index (χ0n) is 18.7. The zero-order chi connectivity index (χ0) is 23.8. The molecule has 0 aliphatic rings. The highest BCUT2D eigenvalue weighted by atomic mass is 19.1. The summed E-state index contributed by atoms with van der Waals surface area (Å²) in [5.41, 5.74) is 2.61. The summed E-state index contributed by atoms with van der Waals surface area (Å²) in [5, 5.41) is 8.84. The van der Waals surface area contributed by atoms with Crippen LogP contribution in [0, 0.1) is 12.7 Å². The molecule has 6 heteroatoms. The summed E-state index contributed by atoms with van der Waals surface area (Å²) >= 11 is 0. The lowest BCUT2D eigenvalue weighted by Crippen LogP contribution is -2.18. The third kappa shape index (κ3) is 6.91. The van der Waals surface area contributed by atoms with Gasteiger partial charge in [-0.05, 0) is 61.7 Å². The van der Waals surface area contributed by atoms with Crippen molar-refractivity contribution in [3.05, 3.63) is 94.8 Å². The van der Waals surface area contributed by atoms with E-state index in [1.165, 1.54) is 18.2 Å². The molecule has 0 fully saturated rings. The Morgan fingerprint density at radius 3 is 2.48 bits per heavy atom. The molecule has 172 valence electrons. The molecule has 0 aromatic heterocycles. The molecule has 5 nitrogen and oxygen atoms in total. The molecule has 0 aliphatic carbocycles. The monoisotopic (exact) mass is 450 g/mol. The lowest BCUT2D eigenvalue weighted by atomic mass is 10.0. The SMILES string of the molecule is Cc1cc(OCCC(C)Oc2ccc(F)cc2C(=O)c2ccccc2)ccc1CCC(=O)O. The second-order valence-corrected chi connectivity index (χ2v) is 7.88. The van der Waals surface area contributed by atoms with Crippen molar-refractivity contribution < 1.29 is 28.6 Å². The lowest BCUT2D eigenvalue weighted by molar-refractivity contribution is -0.136. The first-order valence-electron chi connectivity index (χ1n) is 10.8. The van der Waals surface area contributed by atoms with Gasteiger partial charge in [0.15, 0.2) is 5.78 Å². The summed E-state index contributed by atoms with van der Waals surface area (Å²) in [6.07, 6.45) is 0.854. The van der Waals surface area contributed by atoms with Crippen LogP contribution in [0.25, 0.3) is 0 Å². The topological polar surface area (TPSA) is 72.8 Å². The van der Waals surface area contributed by atoms with Crippen LogP contribution < -0.4 is 9.47 Å². The third-order valence-corrected chi connectivity index (χ3v) is 5.27. The van der Waals surface area contributed by atoms with Gasteiger partial charge in [-0.1, -0.05) is 36.4 Å². The number of benzene rings is 3. The van der Waals surface area contributed by atoms with Gasteiger partial charge >= 0.3 is 5.97 Å². The minimum Gasteiger partial charge on any atom is -0.493 e. The van der Waals surface area contributed by atoms with Gasteiger partial charge in [0.2, 0.25) is 0 Å². The first-order chi connectivity index (χ1) is 15.8. The number of hydrogen-bond acceptors (Lipinski definition) is 4. The van der Waals surface area contributed by atoms with Crippen LogP contribution in [0.5, 0.6) is 11.5 Å². The molecule has 1 N–H and O–H groups in total. The average Bonchev–Trinajstić information content (AvgIpc) is 2.79. The van der Waals surface area contributed by atoms with E-state index in [1.54, 1.807) is 24.3 Å². The summed E-state index contributed by atoms with van der Waals surface area (Å²) in [4.78, 5) is 23.6. The van der Waals surface area contributed by atoms with Gasteiger partial charge in [-0.25, -0.2) is 4.39 Å². The van der Waals surface area contributed by atoms with Crippen molar-refractivity contribution in [2.45, 2.75) is 39.2 Å². The van der Waals surface area contributed by atoms with Crippen molar-refractivity contribution in [1.29, 1.82) is 0 Å². The van der Waals surface area contributed by atoms with Crippen LogP contribution in [0.1, 0.15) is 46.8 Å². The fourth-order valence-electron chi connectivity index (χ4n) is 3.43. The largest absolute Gasteiger partial charge is 0.493 e. The van der Waals surface area contributed by atoms with Crippen LogP contribution in [0.4, 0.5) is 4.39 Å². The number of carboxylic acid groups (broad SMARTS) is 1. The van der Waals surface area contributed by atoms with Crippen LogP contribution in [0.2, 0.25) is 0 Å². The molecule has 3 aromatic carbocycles. The lowest BCUT2D eigenvalue weighted by Gasteiger charge is -2.18. The number of rotatable bonds is 11. The maximum atomic E-state index is 13.8. The van der Waals surface area contributed by atoms with Crippen LogP contribution in [-0.4, -0.2) is 29.6 Å². The van der Waals surface area contributed by atoms with E-state index in [-0.39, 0.29) is 23.9 Å². The standard InChI is InChI=1S/C27H27FO5/c1-18-16-23(11-8-20(18)9-13-26(29)30)32-15-14-19(2)33-25-12-10-22(28)17-24(25)27(31)21-6-4-3-5-7-21/h3-8,10-12,16-17,19H,9,13-15H2,1-2H3,(H,29,30). The molecule has 0 radical (unpaired) electrons. The van der Waals surface area contributed by atoms with Gasteiger partial charge in [-0.3, -0.25) is 9.59 Å². The zero-order valence-corrected chi connectivity index (χ0v) is 18.7. The Labute approximate surface area is 192 Å². The number of ketones is 1. The number of carbonyl (C=O) groups excluding carboxylic acids is 1. The van der Waals surface area contributed by atoms with E-state index >= 15 is 0 Å². The van der Waals surface area contributed by atoms with E-state index in [4.69, 9.17) is 14.6 Å². The highest BCUT2D eigenvalue weighted by Crippen LogP contribution is 2.25. The van der Waals surface area contributed by atoms with E-state index < -0.39 is 11.8 Å². The first-order valence-corrected chi connectivity index (χ1v) is 10.8. The molecular formula is C27H27FO5. The molecule has 0 amide bonds. The number of halogens is 1. The van der Waals surface area contributed by atoms with Gasteiger partial charge in [-0.15, -0.1) is 0 Å². The molecule has 0 bridgehead atoms. The Hall–Kier alpha value is -3.67. The second kappa shape index (κ2) is 11.3. The highest BCUT2D eigenvalue weighted by Gasteiger charge is 2.17. The molecule has 3 aromatic rings. The molecular weight excluding hydrogens is 423 g/mol. The van der Waals surface area contributed by atoms with E-state index in [2.05, 4.69) is 0 Å². The molecule has 0 aliphatic heterocycles. The van der Waals surface area contributed by atoms with Crippen molar-refractivity contribution in [2.75, 3.05) is 6.61 Å². The van der Waals surface area contributed by atoms with Gasteiger partial charge in [-0.2, -0.15) is 0 Å². The van der Waals surface area contributed by atoms with Crippen molar-refractivity contribution in [1.82, 2.24) is 0 Å². The fourth-order valence-corrected chi connectivity index (χ4v) is 3.43. The summed E-state index contributed by atoms with van der Waals surface area (Å²) in [6, 6.07) is 18.2. The Morgan fingerprint density at radius 2 is 1.79 bits per heavy atom. The Balaban J connectivity index is 1.58. The quantitative estimate of drug-likeness (QED) is 0.384. The highest BCUT2D eigenvalue weighted by molar-refractivity contribution is 6.10. The number of aliphatic carboxylic acids is 1. The van der Waals surface area contributed by atoms with Gasteiger partial charge in [0, 0.05) is 18.4 Å². The smallest absolute Gasteiger partial charge is 0.303 e. The van der Waals surface area contributed by atoms with Gasteiger partial charge in [0.25, 0.3) is 0 Å². The molecule has 33 heavy (non-hydrogen) atoms. The Bertz CT molecular complexity index is 1110. The normalized spacial score (nSPS) is 11.6. The van der Waals surface area contributed by atoms with E-state index in [9.17, 15) is 14.0 Å². The van der Waals surface area contributed by atoms with Crippen LogP contribution in [-0.2, 0) is 11.2 Å². The fraction of sp³-hybridized carbons (Fsp3) is 0.259. The maximum absolute atomic E-state index is 13.8. The molecule has 0 saturated carbocycles. The van der Waals surface area contributed by atoms with Gasteiger partial charge in [0.1, 0.15) is 17.3 Å². The predicted octanol–water partition coefficient (Wildman–Crippen LogP) is 5.62. The second-order valence-electron chi connectivity index (χ2n) is 7.88. The molecule has 0 heterocycles. The number of carboxylic acids is 1. The molecule has 0 spiro atoms. The Kier molecular flexibility index (Phi) is 8.19. The van der Waals surface area contributed by atoms with Gasteiger partial charge < -0.3 is 14.6 Å². The number of ether oxygens (including phenoxy) is 2. The first kappa shape index (κ1) is 24.0. The van der Waals surface area contributed by atoms with Crippen molar-refractivity contribution in [3.63, 3.8) is 0 Å². The van der Waals surface area contributed by atoms with Crippen molar-refractivity contribution in [2.24, 2.45) is 0 Å². The van der Waals surface area contributed by atoms with Crippen molar-refractivity contribution >= 4 is 11.8 Å². The Morgan fingerprint density at radius 1 is 1.03 bits per heavy atom. The summed E-state index contributed by atoms with van der Waals surface area (Å²) in [7, 11) is 0. The van der Waals surface area contributed by atoms with Crippen LogP contribution >= 0.6 is 0 Å². The minimum absolute atomic E-state index is 0.0913. The molecule has 1 unspecified atom stereocenters. The molecule has 1 atom stereocenters. The number of hydrogen-bond donors (Lipinski definition) is 1. The summed E-state index contributed by atoms with van der Waals surface area (Å²) in [6.45, 7) is 4.18. The number of carbonyl (C=O) groups is 2. The summed E-state index contributed by atoms with van der Waals surface area (Å²) < 4.78 is 25.6. The molecule has 3 rings (SSSR count). The van der Waals surface area contributed by atoms with Crippen LogP contribution in [0.15, 0.2) is 66.7 Å². The van der Waals surface area contributed by atoms with E-state index in [1.807, 2.05) is 38.1 Å². The van der Waals surface area contributed by atoms with Crippen molar-refractivity contribution in [3.8, 4) is 11.5 Å². The maximum Gasteiger partial charge on any atom is 0.303 e. The van der Waals surface area contributed by atoms with Crippen LogP contribution in [0.3, 0.4) is 0 Å². The average molecular weight is 451 g/mol. The minimum atomic E-state index is -0.821. The van der Waals surface area contributed by atoms with Gasteiger partial charge in [0.05, 0.1) is 18.3 Å². The molecule has 0 saturated heterocycles. The van der Waals surface area contributed by atoms with E-state index in [0.29, 0.717) is 36.5 Å². The van der Waals surface area contributed by atoms with E-state index in [0.717, 1.165) is 11.1 Å². The predicted molar refractivity (Wildman–Crippen MR) is 124 cm³/mol.